The van der Waals surface area contributed by atoms with E-state index in [0.717, 1.165) is 12.3 Å². The molecule has 1 atom stereocenters. The predicted octanol–water partition coefficient (Wildman–Crippen LogP) is -0.604. The summed E-state index contributed by atoms with van der Waals surface area (Å²) in [7, 11) is 0. The summed E-state index contributed by atoms with van der Waals surface area (Å²) in [6.07, 6.45) is 2.04. The zero-order valence-electron chi connectivity index (χ0n) is 8.05. The molecule has 0 spiro atoms. The third-order valence-corrected chi connectivity index (χ3v) is 1.80. The van der Waals surface area contributed by atoms with Crippen LogP contribution in [-0.4, -0.2) is 39.7 Å². The lowest BCUT2D eigenvalue weighted by Crippen LogP contribution is -2.43. The van der Waals surface area contributed by atoms with E-state index in [0.29, 0.717) is 0 Å². The highest BCUT2D eigenvalue weighted by molar-refractivity contribution is 5.96. The average Bonchev–Trinajstić information content (AvgIpc) is 2.25. The van der Waals surface area contributed by atoms with Crippen molar-refractivity contribution in [3.63, 3.8) is 0 Å². The van der Waals surface area contributed by atoms with Crippen LogP contribution < -0.4 is 5.32 Å². The average molecular weight is 228 g/mol. The molecule has 0 saturated heterocycles. The normalized spacial score (nSPS) is 11.9. The number of halogens is 1. The molecule has 1 aromatic heterocycles. The van der Waals surface area contributed by atoms with Crippen LogP contribution in [0.15, 0.2) is 18.5 Å². The van der Waals surface area contributed by atoms with Crippen LogP contribution in [-0.2, 0) is 4.79 Å². The number of hydrogen-bond acceptors (Lipinski definition) is 4. The number of aliphatic hydroxyl groups is 1. The molecule has 7 heteroatoms. The second-order valence-electron chi connectivity index (χ2n) is 2.90. The second-order valence-corrected chi connectivity index (χ2v) is 2.90. The monoisotopic (exact) mass is 228 g/mol. The van der Waals surface area contributed by atoms with Crippen molar-refractivity contribution in [3.8, 4) is 0 Å². The van der Waals surface area contributed by atoms with Gasteiger partial charge in [-0.3, -0.25) is 9.78 Å². The zero-order valence-corrected chi connectivity index (χ0v) is 8.05. The van der Waals surface area contributed by atoms with Crippen LogP contribution in [0.3, 0.4) is 0 Å². The van der Waals surface area contributed by atoms with E-state index in [1.54, 1.807) is 0 Å². The summed E-state index contributed by atoms with van der Waals surface area (Å²) in [5.41, 5.74) is -0.324. The van der Waals surface area contributed by atoms with Crippen LogP contribution >= 0.6 is 0 Å². The molecule has 86 valence electrons. The SMILES string of the molecule is O=C(N[C@@H](CO)C(=O)O)c1ccncc1F. The number of nitrogens with zero attached hydrogens (tertiary/aromatic N) is 1. The first-order chi connectivity index (χ1) is 7.56. The third kappa shape index (κ3) is 2.74. The van der Waals surface area contributed by atoms with Gasteiger partial charge in [0.05, 0.1) is 18.4 Å². The maximum atomic E-state index is 13.1. The summed E-state index contributed by atoms with van der Waals surface area (Å²) in [5.74, 6) is -3.17. The Morgan fingerprint density at radius 1 is 1.56 bits per heavy atom. The fourth-order valence-electron chi connectivity index (χ4n) is 0.981. The first-order valence-electron chi connectivity index (χ1n) is 4.30. The largest absolute Gasteiger partial charge is 0.480 e. The van der Waals surface area contributed by atoms with Gasteiger partial charge in [-0.1, -0.05) is 0 Å². The van der Waals surface area contributed by atoms with Crippen LogP contribution in [0.4, 0.5) is 4.39 Å². The number of carboxylic acids is 1. The molecular weight excluding hydrogens is 219 g/mol. The molecule has 0 bridgehead atoms. The van der Waals surface area contributed by atoms with Gasteiger partial charge in [0.1, 0.15) is 0 Å². The number of carbonyl (C=O) groups excluding carboxylic acids is 1. The van der Waals surface area contributed by atoms with Gasteiger partial charge in [-0.05, 0) is 6.07 Å². The van der Waals surface area contributed by atoms with Gasteiger partial charge in [-0.15, -0.1) is 0 Å². The predicted molar refractivity (Wildman–Crippen MR) is 50.2 cm³/mol. The summed E-state index contributed by atoms with van der Waals surface area (Å²) >= 11 is 0. The fraction of sp³-hybridized carbons (Fsp3) is 0.222. The molecule has 3 N–H and O–H groups in total. The van der Waals surface area contributed by atoms with E-state index < -0.39 is 30.3 Å². The molecule has 0 saturated carbocycles. The van der Waals surface area contributed by atoms with Gasteiger partial charge in [0.2, 0.25) is 0 Å². The van der Waals surface area contributed by atoms with Crippen LogP contribution in [0.25, 0.3) is 0 Å². The van der Waals surface area contributed by atoms with Crippen molar-refractivity contribution in [1.29, 1.82) is 0 Å². The molecule has 1 rings (SSSR count). The Labute approximate surface area is 89.7 Å². The van der Waals surface area contributed by atoms with Gasteiger partial charge >= 0.3 is 5.97 Å². The summed E-state index contributed by atoms with van der Waals surface area (Å²) in [4.78, 5) is 25.3. The number of rotatable bonds is 4. The van der Waals surface area contributed by atoms with Crippen molar-refractivity contribution >= 4 is 11.9 Å². The Morgan fingerprint density at radius 2 is 2.25 bits per heavy atom. The molecule has 0 fully saturated rings. The Balaban J connectivity index is 2.80. The van der Waals surface area contributed by atoms with Crippen molar-refractivity contribution in [2.45, 2.75) is 6.04 Å². The minimum absolute atomic E-state index is 0.324. The maximum absolute atomic E-state index is 13.1. The van der Waals surface area contributed by atoms with Gasteiger partial charge in [-0.2, -0.15) is 0 Å². The Morgan fingerprint density at radius 3 is 2.75 bits per heavy atom. The maximum Gasteiger partial charge on any atom is 0.328 e. The number of carbonyl (C=O) groups is 2. The second kappa shape index (κ2) is 5.17. The number of amides is 1. The van der Waals surface area contributed by atoms with Crippen molar-refractivity contribution < 1.29 is 24.2 Å². The summed E-state index contributed by atoms with van der Waals surface area (Å²) in [5, 5.41) is 19.2. The molecule has 1 aromatic rings. The molecular formula is C9H9FN2O4. The highest BCUT2D eigenvalue weighted by Crippen LogP contribution is 2.04. The lowest BCUT2D eigenvalue weighted by molar-refractivity contribution is -0.140. The van der Waals surface area contributed by atoms with E-state index >= 15 is 0 Å². The quantitative estimate of drug-likeness (QED) is 0.638. The molecule has 0 unspecified atom stereocenters. The smallest absolute Gasteiger partial charge is 0.328 e. The number of aliphatic hydroxyl groups excluding tert-OH is 1. The van der Waals surface area contributed by atoms with Crippen molar-refractivity contribution in [3.05, 3.63) is 29.8 Å². The van der Waals surface area contributed by atoms with Crippen LogP contribution in [0.2, 0.25) is 0 Å². The topological polar surface area (TPSA) is 99.5 Å². The molecule has 1 amide bonds. The van der Waals surface area contributed by atoms with Gasteiger partial charge in [0.15, 0.2) is 11.9 Å². The molecule has 1 heterocycles. The highest BCUT2D eigenvalue weighted by Gasteiger charge is 2.21. The molecule has 0 aliphatic heterocycles. The van der Waals surface area contributed by atoms with Gasteiger partial charge in [0.25, 0.3) is 5.91 Å². The van der Waals surface area contributed by atoms with E-state index in [4.69, 9.17) is 10.2 Å². The molecule has 16 heavy (non-hydrogen) atoms. The Kier molecular flexibility index (Phi) is 3.90. The van der Waals surface area contributed by atoms with E-state index in [2.05, 4.69) is 4.98 Å². The minimum atomic E-state index is -1.46. The molecule has 0 aliphatic carbocycles. The number of carboxylic acid groups (broad SMARTS) is 1. The summed E-state index contributed by atoms with van der Waals surface area (Å²) in [6.45, 7) is -0.770. The molecule has 6 nitrogen and oxygen atoms in total. The minimum Gasteiger partial charge on any atom is -0.480 e. The van der Waals surface area contributed by atoms with Gasteiger partial charge in [-0.25, -0.2) is 9.18 Å². The number of nitrogens with one attached hydrogen (secondary N) is 1. The highest BCUT2D eigenvalue weighted by atomic mass is 19.1. The Hall–Kier alpha value is -2.02. The molecule has 0 aliphatic rings. The van der Waals surface area contributed by atoms with Crippen molar-refractivity contribution in [2.75, 3.05) is 6.61 Å². The van der Waals surface area contributed by atoms with Crippen LogP contribution in [0.1, 0.15) is 10.4 Å². The lowest BCUT2D eigenvalue weighted by Gasteiger charge is -2.11. The van der Waals surface area contributed by atoms with Gasteiger partial charge < -0.3 is 15.5 Å². The number of pyridine rings is 1. The number of hydrogen-bond donors (Lipinski definition) is 3. The third-order valence-electron chi connectivity index (χ3n) is 1.80. The van der Waals surface area contributed by atoms with E-state index in [-0.39, 0.29) is 5.56 Å². The summed E-state index contributed by atoms with van der Waals surface area (Å²) < 4.78 is 13.1. The first kappa shape index (κ1) is 12.1. The summed E-state index contributed by atoms with van der Waals surface area (Å²) in [6, 6.07) is -0.346. The van der Waals surface area contributed by atoms with E-state index in [9.17, 15) is 14.0 Å². The molecule has 0 aromatic carbocycles. The molecule has 0 radical (unpaired) electrons. The zero-order chi connectivity index (χ0) is 12.1. The van der Waals surface area contributed by atoms with Crippen molar-refractivity contribution in [2.24, 2.45) is 0 Å². The lowest BCUT2D eigenvalue weighted by atomic mass is 10.2. The first-order valence-corrected chi connectivity index (χ1v) is 4.30. The number of aromatic nitrogens is 1. The van der Waals surface area contributed by atoms with E-state index in [1.165, 1.54) is 6.20 Å². The van der Waals surface area contributed by atoms with E-state index in [1.807, 2.05) is 5.32 Å². The van der Waals surface area contributed by atoms with Crippen LogP contribution in [0.5, 0.6) is 0 Å². The standard InChI is InChI=1S/C9H9FN2O4/c10-6-3-11-2-1-5(6)8(14)12-7(4-13)9(15)16/h1-3,7,13H,4H2,(H,12,14)(H,15,16)/t7-/m0/s1. The van der Waals surface area contributed by atoms with Crippen molar-refractivity contribution in [1.82, 2.24) is 10.3 Å². The Bertz CT molecular complexity index is 410. The van der Waals surface area contributed by atoms with Gasteiger partial charge in [0, 0.05) is 6.20 Å². The number of aliphatic carboxylic acids is 1. The van der Waals surface area contributed by atoms with Crippen LogP contribution in [0, 0.1) is 5.82 Å². The fourth-order valence-corrected chi connectivity index (χ4v) is 0.981.